The molecule has 2 aliphatic carbocycles. The quantitative estimate of drug-likeness (QED) is 0.272. The van der Waals surface area contributed by atoms with E-state index < -0.39 is 84.4 Å². The summed E-state index contributed by atoms with van der Waals surface area (Å²) >= 11 is 0. The van der Waals surface area contributed by atoms with Crippen molar-refractivity contribution in [1.82, 2.24) is 0 Å². The van der Waals surface area contributed by atoms with Crippen molar-refractivity contribution in [1.29, 1.82) is 0 Å². The van der Waals surface area contributed by atoms with Gasteiger partial charge in [0.25, 0.3) is 0 Å². The Balaban J connectivity index is 3.07. The van der Waals surface area contributed by atoms with Crippen LogP contribution in [0.2, 0.25) is 0 Å². The van der Waals surface area contributed by atoms with Crippen LogP contribution < -0.4 is 0 Å². The number of rotatable bonds is 6. The Morgan fingerprint density at radius 3 is 1.93 bits per heavy atom. The third-order valence-corrected chi connectivity index (χ3v) is 7.46. The van der Waals surface area contributed by atoms with Crippen molar-refractivity contribution in [2.45, 2.75) is 99.6 Å². The van der Waals surface area contributed by atoms with Crippen molar-refractivity contribution >= 4 is 35.6 Å². The number of carbonyl (C=O) groups excluding carboxylic acids is 6. The van der Waals surface area contributed by atoms with Gasteiger partial charge in [0.2, 0.25) is 0 Å². The lowest BCUT2D eigenvalue weighted by Gasteiger charge is -2.48. The highest BCUT2D eigenvalue weighted by molar-refractivity contribution is 5.96. The van der Waals surface area contributed by atoms with Gasteiger partial charge in [0.1, 0.15) is 18.8 Å². The molecular formula is C30H40O12. The van der Waals surface area contributed by atoms with Gasteiger partial charge in [0.05, 0.1) is 6.10 Å². The fourth-order valence-corrected chi connectivity index (χ4v) is 5.56. The molecular weight excluding hydrogens is 552 g/mol. The molecule has 0 aromatic heterocycles. The molecule has 0 spiro atoms. The van der Waals surface area contributed by atoms with E-state index in [9.17, 15) is 33.9 Å². The average molecular weight is 593 g/mol. The Hall–Kier alpha value is -3.80. The van der Waals surface area contributed by atoms with E-state index in [0.29, 0.717) is 11.1 Å². The van der Waals surface area contributed by atoms with Crippen molar-refractivity contribution < 1.29 is 57.6 Å². The van der Waals surface area contributed by atoms with E-state index in [-0.39, 0.29) is 23.3 Å². The molecule has 0 radical (unpaired) electrons. The number of aliphatic hydroxyl groups is 1. The van der Waals surface area contributed by atoms with Crippen molar-refractivity contribution in [3.63, 3.8) is 0 Å². The van der Waals surface area contributed by atoms with Crippen molar-refractivity contribution in [3.8, 4) is 0 Å². The second-order valence-corrected chi connectivity index (χ2v) is 11.1. The Kier molecular flexibility index (Phi) is 11.4. The smallest absolute Gasteiger partial charge is 0.307 e. The number of aliphatic hydroxyl groups excluding tert-OH is 1. The zero-order chi connectivity index (χ0) is 32.1. The van der Waals surface area contributed by atoms with Gasteiger partial charge in [-0.1, -0.05) is 13.8 Å². The molecule has 0 heterocycles. The molecule has 2 rings (SSSR count). The van der Waals surface area contributed by atoms with Gasteiger partial charge in [-0.25, -0.2) is 0 Å². The molecule has 0 aromatic rings. The van der Waals surface area contributed by atoms with Crippen LogP contribution in [-0.4, -0.2) is 71.8 Å². The van der Waals surface area contributed by atoms with Crippen LogP contribution >= 0.6 is 0 Å². The van der Waals surface area contributed by atoms with Crippen LogP contribution in [0.15, 0.2) is 34.1 Å². The van der Waals surface area contributed by atoms with Gasteiger partial charge in [-0.2, -0.15) is 0 Å². The number of ether oxygens (including phenoxy) is 5. The maximum absolute atomic E-state index is 13.5. The normalized spacial score (nSPS) is 26.2. The monoisotopic (exact) mass is 592 g/mol. The molecule has 12 nitrogen and oxygen atoms in total. The number of Topliss-reactive ketones (excluding diaryl/α,β-unsaturated/α-hetero) is 1. The molecule has 2 aliphatic rings. The van der Waals surface area contributed by atoms with Crippen LogP contribution in [0.25, 0.3) is 0 Å². The summed E-state index contributed by atoms with van der Waals surface area (Å²) in [7, 11) is 0. The van der Waals surface area contributed by atoms with Crippen LogP contribution in [0.3, 0.4) is 0 Å². The number of fused-ring (bicyclic) bond motifs is 2. The first-order chi connectivity index (χ1) is 19.4. The number of hydrogen-bond donors (Lipinski definition) is 1. The maximum Gasteiger partial charge on any atom is 0.307 e. The molecule has 42 heavy (non-hydrogen) atoms. The van der Waals surface area contributed by atoms with E-state index in [1.807, 2.05) is 0 Å². The summed E-state index contributed by atoms with van der Waals surface area (Å²) in [6, 6.07) is 0. The molecule has 0 saturated carbocycles. The first kappa shape index (κ1) is 34.4. The first-order valence-electron chi connectivity index (χ1n) is 13.5. The Labute approximate surface area is 245 Å². The highest BCUT2D eigenvalue weighted by Crippen LogP contribution is 2.51. The molecule has 232 valence electrons. The minimum absolute atomic E-state index is 0.0380. The Bertz CT molecular complexity index is 1230. The second-order valence-electron chi connectivity index (χ2n) is 11.1. The Morgan fingerprint density at radius 1 is 0.857 bits per heavy atom. The lowest BCUT2D eigenvalue weighted by molar-refractivity contribution is -0.156. The zero-order valence-corrected chi connectivity index (χ0v) is 25.5. The molecule has 0 aromatic carbocycles. The average Bonchev–Trinajstić information content (AvgIpc) is 2.83. The fourth-order valence-electron chi connectivity index (χ4n) is 5.56. The molecule has 0 saturated heterocycles. The van der Waals surface area contributed by atoms with Gasteiger partial charge in [-0.05, 0) is 48.5 Å². The third-order valence-electron chi connectivity index (χ3n) is 7.46. The Morgan fingerprint density at radius 2 is 1.43 bits per heavy atom. The number of hydrogen-bond acceptors (Lipinski definition) is 12. The van der Waals surface area contributed by atoms with Gasteiger partial charge in [-0.15, -0.1) is 0 Å². The van der Waals surface area contributed by atoms with E-state index >= 15 is 0 Å². The minimum Gasteiger partial charge on any atom is -0.461 e. The molecule has 1 N–H and O–H groups in total. The summed E-state index contributed by atoms with van der Waals surface area (Å²) < 4.78 is 27.8. The highest BCUT2D eigenvalue weighted by atomic mass is 16.6. The lowest BCUT2D eigenvalue weighted by Crippen LogP contribution is -2.49. The van der Waals surface area contributed by atoms with E-state index in [4.69, 9.17) is 23.7 Å². The zero-order valence-electron chi connectivity index (χ0n) is 25.5. The minimum atomic E-state index is -1.52. The van der Waals surface area contributed by atoms with Gasteiger partial charge >= 0.3 is 29.8 Å². The lowest BCUT2D eigenvalue weighted by atomic mass is 9.60. The van der Waals surface area contributed by atoms with Crippen LogP contribution in [0, 0.1) is 11.3 Å². The van der Waals surface area contributed by atoms with Gasteiger partial charge in [0.15, 0.2) is 17.6 Å². The summed E-state index contributed by atoms with van der Waals surface area (Å²) in [5.41, 5.74) is -0.147. The number of ketones is 1. The summed E-state index contributed by atoms with van der Waals surface area (Å²) in [4.78, 5) is 74.3. The molecule has 0 amide bonds. The maximum atomic E-state index is 13.5. The summed E-state index contributed by atoms with van der Waals surface area (Å²) in [5, 5.41) is 11.1. The van der Waals surface area contributed by atoms with Crippen molar-refractivity contribution in [2.75, 3.05) is 6.61 Å². The largest absolute Gasteiger partial charge is 0.461 e. The number of carbonyl (C=O) groups is 6. The molecule has 5 unspecified atom stereocenters. The van der Waals surface area contributed by atoms with Gasteiger partial charge in [-0.3, -0.25) is 28.8 Å². The van der Waals surface area contributed by atoms with Crippen molar-refractivity contribution in [2.24, 2.45) is 11.3 Å². The summed E-state index contributed by atoms with van der Waals surface area (Å²) in [6.07, 6.45) is -3.93. The molecule has 2 bridgehead atoms. The second kappa shape index (κ2) is 13.9. The highest BCUT2D eigenvalue weighted by Gasteiger charge is 2.51. The molecule has 12 heteroatoms. The molecule has 0 fully saturated rings. The first-order valence-corrected chi connectivity index (χ1v) is 13.5. The fraction of sp³-hybridized carbons (Fsp3) is 0.600. The third kappa shape index (κ3) is 8.37. The predicted octanol–water partition coefficient (Wildman–Crippen LogP) is 2.80. The number of esters is 5. The predicted molar refractivity (Wildman–Crippen MR) is 146 cm³/mol. The van der Waals surface area contributed by atoms with E-state index in [2.05, 4.69) is 0 Å². The summed E-state index contributed by atoms with van der Waals surface area (Å²) in [6.45, 7) is 12.1. The van der Waals surface area contributed by atoms with Crippen LogP contribution in [0.1, 0.15) is 75.2 Å². The van der Waals surface area contributed by atoms with Crippen LogP contribution in [-0.2, 0) is 52.5 Å². The standard InChI is InChI=1S/C30H40O12/c1-14-23(36)12-24(37)21(13-38-16(3)31)10-26(40-18(5)33)22-11-25(39-17(4)32)15(2)27(30(22,8)9)29(42-20(7)35)28(14)41-19(6)34/h10,22-23,25-26,29,36H,11-13H2,1-9H3. The SMILES string of the molecule is CC(=O)OCC1=CC(OC(C)=O)C2CC(OC(C)=O)C(C)=C(C(OC(C)=O)C(OC(C)=O)=C(C)C(O)CC1=O)C2(C)C. The van der Waals surface area contributed by atoms with E-state index in [1.165, 1.54) is 33.8 Å². The van der Waals surface area contributed by atoms with E-state index in [1.54, 1.807) is 20.8 Å². The molecule has 5 atom stereocenters. The topological polar surface area (TPSA) is 169 Å². The van der Waals surface area contributed by atoms with Gasteiger partial charge in [0, 0.05) is 52.5 Å². The van der Waals surface area contributed by atoms with Crippen LogP contribution in [0.5, 0.6) is 0 Å². The molecule has 0 aliphatic heterocycles. The summed E-state index contributed by atoms with van der Waals surface area (Å²) in [5.74, 6) is -5.01. The van der Waals surface area contributed by atoms with Crippen molar-refractivity contribution in [3.05, 3.63) is 34.1 Å². The van der Waals surface area contributed by atoms with E-state index in [0.717, 1.165) is 13.8 Å². The van der Waals surface area contributed by atoms with Crippen LogP contribution in [0.4, 0.5) is 0 Å². The van der Waals surface area contributed by atoms with Gasteiger partial charge < -0.3 is 28.8 Å².